The lowest BCUT2D eigenvalue weighted by Crippen LogP contribution is -2.28. The number of hydrogen-bond donors (Lipinski definition) is 1. The number of benzene rings is 2. The maximum absolute atomic E-state index is 12.8. The average Bonchev–Trinajstić information content (AvgIpc) is 2.66. The number of sulfonamides is 1. The first-order chi connectivity index (χ1) is 13.2. The SMILES string of the molecule is C[C@@H](NC(=O)c1cc(N(C)S(C)(=O)=O)ccc1Cl)c1ccc2c(c1)CCCC2. The predicted octanol–water partition coefficient (Wildman–Crippen LogP) is 4.11. The van der Waals surface area contributed by atoms with Gasteiger partial charge in [0, 0.05) is 7.05 Å². The summed E-state index contributed by atoms with van der Waals surface area (Å²) in [6.07, 6.45) is 5.74. The first kappa shape index (κ1) is 20.7. The second-order valence-corrected chi connectivity index (χ2v) is 9.75. The molecule has 0 bridgehead atoms. The number of aryl methyl sites for hydroxylation is 2. The molecule has 1 N–H and O–H groups in total. The maximum Gasteiger partial charge on any atom is 0.253 e. The molecule has 1 amide bonds. The fraction of sp³-hybridized carbons (Fsp3) is 0.381. The van der Waals surface area contributed by atoms with Gasteiger partial charge in [-0.25, -0.2) is 8.42 Å². The molecule has 0 aliphatic heterocycles. The van der Waals surface area contributed by atoms with E-state index in [0.717, 1.165) is 29.0 Å². The number of anilines is 1. The van der Waals surface area contributed by atoms with Gasteiger partial charge < -0.3 is 5.32 Å². The molecule has 1 aliphatic carbocycles. The van der Waals surface area contributed by atoms with E-state index in [1.807, 2.05) is 6.92 Å². The molecule has 0 fully saturated rings. The van der Waals surface area contributed by atoms with Crippen molar-refractivity contribution in [2.24, 2.45) is 0 Å². The van der Waals surface area contributed by atoms with Gasteiger partial charge in [0.05, 0.1) is 28.6 Å². The van der Waals surface area contributed by atoms with E-state index >= 15 is 0 Å². The maximum atomic E-state index is 12.8. The van der Waals surface area contributed by atoms with Crippen LogP contribution in [0.2, 0.25) is 5.02 Å². The second kappa shape index (κ2) is 8.13. The van der Waals surface area contributed by atoms with Crippen LogP contribution in [0.25, 0.3) is 0 Å². The number of nitrogens with one attached hydrogen (secondary N) is 1. The quantitative estimate of drug-likeness (QED) is 0.791. The van der Waals surface area contributed by atoms with Crippen LogP contribution in [-0.2, 0) is 22.9 Å². The minimum Gasteiger partial charge on any atom is -0.345 e. The van der Waals surface area contributed by atoms with Crippen molar-refractivity contribution >= 4 is 33.2 Å². The van der Waals surface area contributed by atoms with Crippen LogP contribution in [0, 0.1) is 0 Å². The Kier molecular flexibility index (Phi) is 6.01. The summed E-state index contributed by atoms with van der Waals surface area (Å²) in [4.78, 5) is 12.8. The van der Waals surface area contributed by atoms with E-state index in [0.29, 0.717) is 5.69 Å². The molecular formula is C21H25ClN2O3S. The van der Waals surface area contributed by atoms with Crippen molar-refractivity contribution in [2.45, 2.75) is 38.6 Å². The number of halogens is 1. The largest absolute Gasteiger partial charge is 0.345 e. The van der Waals surface area contributed by atoms with Gasteiger partial charge in [-0.2, -0.15) is 0 Å². The minimum atomic E-state index is -3.43. The molecule has 2 aromatic carbocycles. The summed E-state index contributed by atoms with van der Waals surface area (Å²) >= 11 is 6.21. The van der Waals surface area contributed by atoms with Crippen LogP contribution < -0.4 is 9.62 Å². The van der Waals surface area contributed by atoms with E-state index in [2.05, 4.69) is 23.5 Å². The van der Waals surface area contributed by atoms with E-state index in [1.54, 1.807) is 6.07 Å². The summed E-state index contributed by atoms with van der Waals surface area (Å²) in [6.45, 7) is 1.93. The third kappa shape index (κ3) is 4.50. The van der Waals surface area contributed by atoms with E-state index in [9.17, 15) is 13.2 Å². The third-order valence-corrected chi connectivity index (χ3v) is 6.81. The average molecular weight is 421 g/mol. The summed E-state index contributed by atoms with van der Waals surface area (Å²) in [6, 6.07) is 10.8. The Hall–Kier alpha value is -2.05. The lowest BCUT2D eigenvalue weighted by Gasteiger charge is -2.21. The highest BCUT2D eigenvalue weighted by molar-refractivity contribution is 7.92. The number of carbonyl (C=O) groups excluding carboxylic acids is 1. The first-order valence-corrected chi connectivity index (χ1v) is 11.6. The number of amides is 1. The highest BCUT2D eigenvalue weighted by atomic mass is 35.5. The molecule has 1 aliphatic rings. The van der Waals surface area contributed by atoms with Crippen molar-refractivity contribution in [3.8, 4) is 0 Å². The Labute approximate surface area is 171 Å². The van der Waals surface area contributed by atoms with Gasteiger partial charge >= 0.3 is 0 Å². The second-order valence-electron chi connectivity index (χ2n) is 7.33. The smallest absolute Gasteiger partial charge is 0.253 e. The van der Waals surface area contributed by atoms with Crippen LogP contribution in [-0.4, -0.2) is 27.6 Å². The van der Waals surface area contributed by atoms with Gasteiger partial charge in [0.15, 0.2) is 0 Å². The molecule has 3 rings (SSSR count). The van der Waals surface area contributed by atoms with Gasteiger partial charge in [0.2, 0.25) is 10.0 Å². The lowest BCUT2D eigenvalue weighted by molar-refractivity contribution is 0.0940. The van der Waals surface area contributed by atoms with Gasteiger partial charge in [-0.1, -0.05) is 29.8 Å². The van der Waals surface area contributed by atoms with Crippen molar-refractivity contribution in [2.75, 3.05) is 17.6 Å². The Bertz CT molecular complexity index is 1000. The van der Waals surface area contributed by atoms with Gasteiger partial charge in [-0.05, 0) is 67.5 Å². The number of hydrogen-bond acceptors (Lipinski definition) is 3. The summed E-state index contributed by atoms with van der Waals surface area (Å²) in [5, 5.41) is 3.25. The summed E-state index contributed by atoms with van der Waals surface area (Å²) in [5.41, 5.74) is 4.44. The van der Waals surface area contributed by atoms with Crippen LogP contribution in [0.5, 0.6) is 0 Å². The molecule has 150 valence electrons. The normalized spacial score (nSPS) is 14.9. The lowest BCUT2D eigenvalue weighted by atomic mass is 9.89. The van der Waals surface area contributed by atoms with E-state index in [4.69, 9.17) is 11.6 Å². The molecule has 0 spiro atoms. The van der Waals surface area contributed by atoms with Gasteiger partial charge in [0.25, 0.3) is 5.91 Å². The summed E-state index contributed by atoms with van der Waals surface area (Å²) < 4.78 is 24.7. The van der Waals surface area contributed by atoms with Gasteiger partial charge in [-0.15, -0.1) is 0 Å². The molecule has 0 radical (unpaired) electrons. The molecule has 28 heavy (non-hydrogen) atoms. The standard InChI is InChI=1S/C21H25ClN2O3S/c1-14(16-9-8-15-6-4-5-7-17(15)12-16)23-21(25)19-13-18(10-11-20(19)22)24(2)28(3,26)27/h8-14H,4-7H2,1-3H3,(H,23,25)/t14-/m1/s1. The van der Waals surface area contributed by atoms with Crippen molar-refractivity contribution in [3.05, 3.63) is 63.7 Å². The highest BCUT2D eigenvalue weighted by Gasteiger charge is 2.19. The zero-order valence-electron chi connectivity index (χ0n) is 16.3. The molecule has 0 aromatic heterocycles. The predicted molar refractivity (Wildman–Crippen MR) is 114 cm³/mol. The van der Waals surface area contributed by atoms with Crippen molar-refractivity contribution < 1.29 is 13.2 Å². The zero-order valence-corrected chi connectivity index (χ0v) is 17.9. The Morgan fingerprint density at radius 1 is 1.11 bits per heavy atom. The Morgan fingerprint density at radius 2 is 1.79 bits per heavy atom. The molecule has 2 aromatic rings. The van der Waals surface area contributed by atoms with Crippen LogP contribution in [0.1, 0.15) is 52.9 Å². The molecule has 0 saturated carbocycles. The van der Waals surface area contributed by atoms with Crippen LogP contribution >= 0.6 is 11.6 Å². The summed E-state index contributed by atoms with van der Waals surface area (Å²) in [5.74, 6) is -0.334. The van der Waals surface area contributed by atoms with Crippen LogP contribution in [0.15, 0.2) is 36.4 Å². The number of rotatable bonds is 5. The van der Waals surface area contributed by atoms with Gasteiger partial charge in [-0.3, -0.25) is 9.10 Å². The molecular weight excluding hydrogens is 396 g/mol. The third-order valence-electron chi connectivity index (χ3n) is 5.28. The molecule has 7 heteroatoms. The highest BCUT2D eigenvalue weighted by Crippen LogP contribution is 2.27. The van der Waals surface area contributed by atoms with Crippen molar-refractivity contribution in [1.29, 1.82) is 0 Å². The van der Waals surface area contributed by atoms with E-state index in [1.165, 1.54) is 43.1 Å². The molecule has 5 nitrogen and oxygen atoms in total. The van der Waals surface area contributed by atoms with Gasteiger partial charge in [0.1, 0.15) is 0 Å². The monoisotopic (exact) mass is 420 g/mol. The Balaban J connectivity index is 1.81. The van der Waals surface area contributed by atoms with E-state index < -0.39 is 10.0 Å². The fourth-order valence-electron chi connectivity index (χ4n) is 3.46. The van der Waals surface area contributed by atoms with Crippen molar-refractivity contribution in [1.82, 2.24) is 5.32 Å². The van der Waals surface area contributed by atoms with Crippen LogP contribution in [0.3, 0.4) is 0 Å². The zero-order chi connectivity index (χ0) is 20.5. The molecule has 0 saturated heterocycles. The summed E-state index contributed by atoms with van der Waals surface area (Å²) in [7, 11) is -1.99. The molecule has 0 unspecified atom stereocenters. The molecule has 1 atom stereocenters. The van der Waals surface area contributed by atoms with Crippen LogP contribution in [0.4, 0.5) is 5.69 Å². The van der Waals surface area contributed by atoms with Crippen molar-refractivity contribution in [3.63, 3.8) is 0 Å². The number of nitrogens with zero attached hydrogens (tertiary/aromatic N) is 1. The fourth-order valence-corrected chi connectivity index (χ4v) is 4.15. The topological polar surface area (TPSA) is 66.5 Å². The first-order valence-electron chi connectivity index (χ1n) is 9.33. The molecule has 0 heterocycles. The minimum absolute atomic E-state index is 0.188. The Morgan fingerprint density at radius 3 is 2.46 bits per heavy atom. The number of carbonyl (C=O) groups is 1. The van der Waals surface area contributed by atoms with E-state index in [-0.39, 0.29) is 22.5 Å². The number of fused-ring (bicyclic) bond motifs is 1.